The largest absolute Gasteiger partial charge is 0.327 e. The molecular weight excluding hydrogens is 196 g/mol. The molecule has 1 saturated heterocycles. The van der Waals surface area contributed by atoms with E-state index in [1.807, 2.05) is 0 Å². The summed E-state index contributed by atoms with van der Waals surface area (Å²) in [5, 5.41) is 0. The van der Waals surface area contributed by atoms with E-state index in [4.69, 9.17) is 5.73 Å². The molecule has 1 heterocycles. The van der Waals surface area contributed by atoms with E-state index in [1.54, 1.807) is 0 Å². The minimum Gasteiger partial charge on any atom is -0.327 e. The van der Waals surface area contributed by atoms with Gasteiger partial charge in [-0.05, 0) is 44.4 Å². The van der Waals surface area contributed by atoms with Gasteiger partial charge >= 0.3 is 0 Å². The van der Waals surface area contributed by atoms with Gasteiger partial charge in [-0.3, -0.25) is 4.90 Å². The van der Waals surface area contributed by atoms with Crippen molar-refractivity contribution < 1.29 is 0 Å². The summed E-state index contributed by atoms with van der Waals surface area (Å²) in [6.45, 7) is 7.14. The molecule has 3 unspecified atom stereocenters. The van der Waals surface area contributed by atoms with E-state index in [-0.39, 0.29) is 0 Å². The van der Waals surface area contributed by atoms with Crippen LogP contribution in [0, 0.1) is 11.8 Å². The van der Waals surface area contributed by atoms with Crippen LogP contribution in [0.5, 0.6) is 0 Å². The summed E-state index contributed by atoms with van der Waals surface area (Å²) < 4.78 is 0. The molecule has 0 bridgehead atoms. The zero-order chi connectivity index (χ0) is 11.5. The topological polar surface area (TPSA) is 29.3 Å². The van der Waals surface area contributed by atoms with Crippen LogP contribution in [-0.2, 0) is 0 Å². The summed E-state index contributed by atoms with van der Waals surface area (Å²) in [6.07, 6.45) is 8.25. The molecule has 2 nitrogen and oxygen atoms in total. The highest BCUT2D eigenvalue weighted by Gasteiger charge is 2.35. The smallest absolute Gasteiger partial charge is 0.0171 e. The van der Waals surface area contributed by atoms with Crippen LogP contribution in [0.2, 0.25) is 0 Å². The molecule has 1 aliphatic heterocycles. The number of rotatable bonds is 5. The average Bonchev–Trinajstić information content (AvgIpc) is 3.08. The molecule has 0 amide bonds. The molecule has 0 aromatic rings. The van der Waals surface area contributed by atoms with Gasteiger partial charge < -0.3 is 5.73 Å². The second-order valence-electron chi connectivity index (χ2n) is 6.04. The maximum atomic E-state index is 6.20. The van der Waals surface area contributed by atoms with Crippen LogP contribution in [0.4, 0.5) is 0 Å². The maximum Gasteiger partial charge on any atom is 0.0171 e. The highest BCUT2D eigenvalue weighted by Crippen LogP contribution is 2.36. The van der Waals surface area contributed by atoms with Crippen molar-refractivity contribution in [3.63, 3.8) is 0 Å². The van der Waals surface area contributed by atoms with E-state index in [0.717, 1.165) is 24.4 Å². The van der Waals surface area contributed by atoms with Crippen molar-refractivity contribution in [3.8, 4) is 0 Å². The Hall–Kier alpha value is -0.0800. The fourth-order valence-corrected chi connectivity index (χ4v) is 3.20. The molecule has 2 rings (SSSR count). The van der Waals surface area contributed by atoms with Crippen LogP contribution < -0.4 is 5.73 Å². The predicted octanol–water partition coefficient (Wildman–Crippen LogP) is 2.62. The van der Waals surface area contributed by atoms with Crippen LogP contribution >= 0.6 is 0 Å². The molecule has 2 N–H and O–H groups in total. The third-order valence-electron chi connectivity index (χ3n) is 4.44. The summed E-state index contributed by atoms with van der Waals surface area (Å²) >= 11 is 0. The van der Waals surface area contributed by atoms with Crippen molar-refractivity contribution in [3.05, 3.63) is 0 Å². The Labute approximate surface area is 101 Å². The first-order valence-corrected chi connectivity index (χ1v) is 7.20. The van der Waals surface area contributed by atoms with E-state index in [1.165, 1.54) is 45.1 Å². The van der Waals surface area contributed by atoms with Gasteiger partial charge in [0.15, 0.2) is 0 Å². The Kier molecular flexibility index (Phi) is 4.26. The molecule has 1 saturated carbocycles. The number of nitrogens with two attached hydrogens (primary N) is 1. The third-order valence-corrected chi connectivity index (χ3v) is 4.44. The Balaban J connectivity index is 1.83. The molecular formula is C14H28N2. The highest BCUT2D eigenvalue weighted by molar-refractivity contribution is 4.90. The summed E-state index contributed by atoms with van der Waals surface area (Å²) in [6, 6.07) is 1.22. The average molecular weight is 224 g/mol. The molecule has 2 fully saturated rings. The van der Waals surface area contributed by atoms with Crippen molar-refractivity contribution in [2.24, 2.45) is 17.6 Å². The van der Waals surface area contributed by atoms with Crippen LogP contribution in [-0.4, -0.2) is 30.1 Å². The fraction of sp³-hybridized carbons (Fsp3) is 1.00. The van der Waals surface area contributed by atoms with Crippen LogP contribution in [0.15, 0.2) is 0 Å². The van der Waals surface area contributed by atoms with E-state index >= 15 is 0 Å². The second kappa shape index (κ2) is 5.50. The molecule has 16 heavy (non-hydrogen) atoms. The molecule has 0 aromatic carbocycles. The Morgan fingerprint density at radius 1 is 1.31 bits per heavy atom. The van der Waals surface area contributed by atoms with Crippen molar-refractivity contribution in [1.29, 1.82) is 0 Å². The molecule has 0 radical (unpaired) electrons. The summed E-state index contributed by atoms with van der Waals surface area (Å²) in [7, 11) is 0. The lowest BCUT2D eigenvalue weighted by Crippen LogP contribution is -2.50. The molecule has 0 aromatic heterocycles. The van der Waals surface area contributed by atoms with Crippen LogP contribution in [0.3, 0.4) is 0 Å². The normalized spacial score (nSPS) is 33.9. The van der Waals surface area contributed by atoms with E-state index in [2.05, 4.69) is 18.7 Å². The minimum atomic E-state index is 0.428. The SMILES string of the molecule is CCCCC1CC(N)CN(C(C)C2CC2)C1. The number of piperidine rings is 1. The first-order chi connectivity index (χ1) is 7.70. The number of hydrogen-bond donors (Lipinski definition) is 1. The van der Waals surface area contributed by atoms with Gasteiger partial charge in [0.1, 0.15) is 0 Å². The number of nitrogens with zero attached hydrogens (tertiary/aromatic N) is 1. The lowest BCUT2D eigenvalue weighted by Gasteiger charge is -2.40. The van der Waals surface area contributed by atoms with Gasteiger partial charge in [-0.2, -0.15) is 0 Å². The zero-order valence-electron chi connectivity index (χ0n) is 11.0. The predicted molar refractivity (Wildman–Crippen MR) is 69.4 cm³/mol. The van der Waals surface area contributed by atoms with Crippen molar-refractivity contribution in [2.75, 3.05) is 13.1 Å². The fourth-order valence-electron chi connectivity index (χ4n) is 3.20. The Morgan fingerprint density at radius 2 is 2.06 bits per heavy atom. The van der Waals surface area contributed by atoms with Gasteiger partial charge in [0.2, 0.25) is 0 Å². The first kappa shape index (κ1) is 12.4. The Morgan fingerprint density at radius 3 is 2.69 bits per heavy atom. The van der Waals surface area contributed by atoms with Gasteiger partial charge in [-0.25, -0.2) is 0 Å². The highest BCUT2D eigenvalue weighted by atomic mass is 15.2. The van der Waals surface area contributed by atoms with Gasteiger partial charge in [0, 0.05) is 25.2 Å². The molecule has 2 aliphatic rings. The molecule has 94 valence electrons. The number of likely N-dealkylation sites (tertiary alicyclic amines) is 1. The maximum absolute atomic E-state index is 6.20. The second-order valence-corrected chi connectivity index (χ2v) is 6.04. The Bertz CT molecular complexity index is 213. The summed E-state index contributed by atoms with van der Waals surface area (Å²) in [5.74, 6) is 1.85. The summed E-state index contributed by atoms with van der Waals surface area (Å²) in [4.78, 5) is 2.67. The van der Waals surface area contributed by atoms with E-state index < -0.39 is 0 Å². The quantitative estimate of drug-likeness (QED) is 0.778. The van der Waals surface area contributed by atoms with Crippen molar-refractivity contribution >= 4 is 0 Å². The summed E-state index contributed by atoms with van der Waals surface area (Å²) in [5.41, 5.74) is 6.20. The van der Waals surface area contributed by atoms with Crippen molar-refractivity contribution in [1.82, 2.24) is 4.90 Å². The van der Waals surface area contributed by atoms with E-state index in [9.17, 15) is 0 Å². The minimum absolute atomic E-state index is 0.428. The number of unbranched alkanes of at least 4 members (excludes halogenated alkanes) is 1. The molecule has 1 aliphatic carbocycles. The van der Waals surface area contributed by atoms with Gasteiger partial charge in [-0.1, -0.05) is 19.8 Å². The standard InChI is InChI=1S/C14H28N2/c1-3-4-5-12-8-14(15)10-16(9-12)11(2)13-6-7-13/h11-14H,3-10,15H2,1-2H3. The number of hydrogen-bond acceptors (Lipinski definition) is 2. The van der Waals surface area contributed by atoms with Gasteiger partial charge in [0.05, 0.1) is 0 Å². The first-order valence-electron chi connectivity index (χ1n) is 7.20. The van der Waals surface area contributed by atoms with Crippen LogP contribution in [0.1, 0.15) is 52.4 Å². The lowest BCUT2D eigenvalue weighted by atomic mass is 9.89. The van der Waals surface area contributed by atoms with Crippen LogP contribution in [0.25, 0.3) is 0 Å². The van der Waals surface area contributed by atoms with Crippen molar-refractivity contribution in [2.45, 2.75) is 64.5 Å². The lowest BCUT2D eigenvalue weighted by molar-refractivity contribution is 0.101. The van der Waals surface area contributed by atoms with E-state index in [0.29, 0.717) is 6.04 Å². The van der Waals surface area contributed by atoms with Gasteiger partial charge in [-0.15, -0.1) is 0 Å². The molecule has 3 atom stereocenters. The zero-order valence-corrected chi connectivity index (χ0v) is 11.0. The molecule has 2 heteroatoms. The monoisotopic (exact) mass is 224 g/mol. The van der Waals surface area contributed by atoms with Gasteiger partial charge in [0.25, 0.3) is 0 Å². The third kappa shape index (κ3) is 3.21. The molecule has 0 spiro atoms.